The number of piperidine rings is 1. The van der Waals surface area contributed by atoms with Crippen molar-refractivity contribution in [3.05, 3.63) is 29.0 Å². The molecular formula is C14H17ClN2O3. The van der Waals surface area contributed by atoms with Crippen molar-refractivity contribution in [2.45, 2.75) is 26.2 Å². The molecule has 1 unspecified atom stereocenters. The topological polar surface area (TPSA) is 70.5 Å². The van der Waals surface area contributed by atoms with Gasteiger partial charge in [-0.3, -0.25) is 9.59 Å². The largest absolute Gasteiger partial charge is 0.481 e. The molecule has 2 heterocycles. The van der Waals surface area contributed by atoms with Crippen LogP contribution < -0.4 is 0 Å². The van der Waals surface area contributed by atoms with Crippen molar-refractivity contribution in [3.8, 4) is 0 Å². The molecule has 1 aliphatic rings. The van der Waals surface area contributed by atoms with Gasteiger partial charge < -0.3 is 10.0 Å². The van der Waals surface area contributed by atoms with Crippen molar-refractivity contribution in [3.63, 3.8) is 0 Å². The minimum absolute atomic E-state index is 0.228. The molecule has 1 aromatic heterocycles. The summed E-state index contributed by atoms with van der Waals surface area (Å²) in [6.07, 6.45) is 1.80. The highest BCUT2D eigenvalue weighted by atomic mass is 35.5. The van der Waals surface area contributed by atoms with Gasteiger partial charge in [0, 0.05) is 13.1 Å². The summed E-state index contributed by atoms with van der Waals surface area (Å²) in [4.78, 5) is 29.4. The smallest absolute Gasteiger partial charge is 0.311 e. The van der Waals surface area contributed by atoms with Crippen molar-refractivity contribution in [1.82, 2.24) is 9.88 Å². The Labute approximate surface area is 122 Å². The fourth-order valence-corrected chi connectivity index (χ4v) is 2.77. The number of amides is 1. The lowest BCUT2D eigenvalue weighted by molar-refractivity contribution is -0.152. The Balaban J connectivity index is 2.21. The first kappa shape index (κ1) is 14.8. The number of aliphatic carboxylic acids is 1. The maximum Gasteiger partial charge on any atom is 0.311 e. The van der Waals surface area contributed by atoms with E-state index in [4.69, 9.17) is 11.6 Å². The normalized spacial score (nSPS) is 22.6. The Kier molecular flexibility index (Phi) is 4.28. The second-order valence-corrected chi connectivity index (χ2v) is 5.50. The van der Waals surface area contributed by atoms with E-state index in [1.165, 1.54) is 0 Å². The quantitative estimate of drug-likeness (QED) is 0.870. The van der Waals surface area contributed by atoms with Gasteiger partial charge >= 0.3 is 5.97 Å². The lowest BCUT2D eigenvalue weighted by Crippen LogP contribution is -2.49. The van der Waals surface area contributed by atoms with Gasteiger partial charge in [-0.15, -0.1) is 0 Å². The first-order chi connectivity index (χ1) is 9.48. The van der Waals surface area contributed by atoms with E-state index in [0.717, 1.165) is 0 Å². The lowest BCUT2D eigenvalue weighted by atomic mass is 9.77. The van der Waals surface area contributed by atoms with E-state index in [-0.39, 0.29) is 23.3 Å². The predicted octanol–water partition coefficient (Wildman–Crippen LogP) is 2.45. The van der Waals surface area contributed by atoms with Gasteiger partial charge in [0.2, 0.25) is 0 Å². The van der Waals surface area contributed by atoms with Crippen LogP contribution in [0.2, 0.25) is 5.15 Å². The summed E-state index contributed by atoms with van der Waals surface area (Å²) in [6, 6.07) is 4.86. The number of likely N-dealkylation sites (tertiary alicyclic amines) is 1. The molecule has 6 heteroatoms. The van der Waals surface area contributed by atoms with Crippen LogP contribution >= 0.6 is 11.6 Å². The third-order valence-electron chi connectivity index (χ3n) is 3.93. The number of carbonyl (C=O) groups excluding carboxylic acids is 1. The standard InChI is InChI=1S/C14H17ClN2O3/c1-2-14(13(19)20)7-4-8-17(9-14)12(18)10-5-3-6-11(15)16-10/h3,5-6H,2,4,7-9H2,1H3,(H,19,20). The Morgan fingerprint density at radius 2 is 2.25 bits per heavy atom. The molecule has 1 N–H and O–H groups in total. The van der Waals surface area contributed by atoms with Crippen molar-refractivity contribution >= 4 is 23.5 Å². The Hall–Kier alpha value is -1.62. The van der Waals surface area contributed by atoms with Crippen LogP contribution in [-0.2, 0) is 4.79 Å². The van der Waals surface area contributed by atoms with Crippen LogP contribution in [0.25, 0.3) is 0 Å². The SMILES string of the molecule is CCC1(C(=O)O)CCCN(C(=O)c2cccc(Cl)n2)C1. The average molecular weight is 297 g/mol. The summed E-state index contributed by atoms with van der Waals surface area (Å²) in [6.45, 7) is 2.63. The number of rotatable bonds is 3. The predicted molar refractivity (Wildman–Crippen MR) is 74.7 cm³/mol. The van der Waals surface area contributed by atoms with Gasteiger partial charge in [-0.2, -0.15) is 0 Å². The van der Waals surface area contributed by atoms with E-state index in [1.807, 2.05) is 6.92 Å². The molecular weight excluding hydrogens is 280 g/mol. The number of halogens is 1. The van der Waals surface area contributed by atoms with Gasteiger partial charge in [0.25, 0.3) is 5.91 Å². The molecule has 1 saturated heterocycles. The van der Waals surface area contributed by atoms with Crippen molar-refractivity contribution in [1.29, 1.82) is 0 Å². The highest BCUT2D eigenvalue weighted by molar-refractivity contribution is 6.29. The lowest BCUT2D eigenvalue weighted by Gasteiger charge is -2.39. The number of carboxylic acid groups (broad SMARTS) is 1. The van der Waals surface area contributed by atoms with Crippen molar-refractivity contribution in [2.75, 3.05) is 13.1 Å². The van der Waals surface area contributed by atoms with Crippen LogP contribution in [0.3, 0.4) is 0 Å². The molecule has 1 aromatic rings. The molecule has 0 saturated carbocycles. The van der Waals surface area contributed by atoms with E-state index in [9.17, 15) is 14.7 Å². The second kappa shape index (κ2) is 5.79. The zero-order chi connectivity index (χ0) is 14.8. The molecule has 0 spiro atoms. The van der Waals surface area contributed by atoms with E-state index >= 15 is 0 Å². The van der Waals surface area contributed by atoms with Gasteiger partial charge in [0.1, 0.15) is 10.8 Å². The molecule has 1 aliphatic heterocycles. The van der Waals surface area contributed by atoms with Gasteiger partial charge in [-0.1, -0.05) is 24.6 Å². The van der Waals surface area contributed by atoms with Gasteiger partial charge in [0.05, 0.1) is 5.41 Å². The molecule has 20 heavy (non-hydrogen) atoms. The van der Waals surface area contributed by atoms with Crippen LogP contribution in [0.5, 0.6) is 0 Å². The maximum atomic E-state index is 12.4. The molecule has 0 bridgehead atoms. The van der Waals surface area contributed by atoms with Crippen LogP contribution in [0.1, 0.15) is 36.7 Å². The number of pyridine rings is 1. The summed E-state index contributed by atoms with van der Waals surface area (Å²) < 4.78 is 0. The third-order valence-corrected chi connectivity index (χ3v) is 4.14. The zero-order valence-electron chi connectivity index (χ0n) is 11.3. The fraction of sp³-hybridized carbons (Fsp3) is 0.500. The molecule has 5 nitrogen and oxygen atoms in total. The number of hydrogen-bond donors (Lipinski definition) is 1. The minimum atomic E-state index is -0.841. The number of hydrogen-bond acceptors (Lipinski definition) is 3. The molecule has 0 aromatic carbocycles. The molecule has 1 atom stereocenters. The van der Waals surface area contributed by atoms with Crippen molar-refractivity contribution < 1.29 is 14.7 Å². The molecule has 108 valence electrons. The second-order valence-electron chi connectivity index (χ2n) is 5.11. The monoisotopic (exact) mass is 296 g/mol. The summed E-state index contributed by atoms with van der Waals surface area (Å²) >= 11 is 5.79. The van der Waals surface area contributed by atoms with Gasteiger partial charge in [-0.05, 0) is 31.4 Å². The number of nitrogens with zero attached hydrogens (tertiary/aromatic N) is 2. The molecule has 0 aliphatic carbocycles. The van der Waals surface area contributed by atoms with E-state index < -0.39 is 11.4 Å². The Morgan fingerprint density at radius 3 is 2.85 bits per heavy atom. The number of carbonyl (C=O) groups is 2. The molecule has 2 rings (SSSR count). The van der Waals surface area contributed by atoms with Crippen LogP contribution in [-0.4, -0.2) is 40.0 Å². The maximum absolute atomic E-state index is 12.4. The third kappa shape index (κ3) is 2.77. The summed E-state index contributed by atoms with van der Waals surface area (Å²) in [7, 11) is 0. The average Bonchev–Trinajstić information content (AvgIpc) is 2.46. The van der Waals surface area contributed by atoms with E-state index in [1.54, 1.807) is 23.1 Å². The van der Waals surface area contributed by atoms with E-state index in [0.29, 0.717) is 25.8 Å². The first-order valence-electron chi connectivity index (χ1n) is 6.64. The molecule has 1 fully saturated rings. The highest BCUT2D eigenvalue weighted by Crippen LogP contribution is 2.34. The summed E-state index contributed by atoms with van der Waals surface area (Å²) in [5, 5.41) is 9.69. The summed E-state index contributed by atoms with van der Waals surface area (Å²) in [5.74, 6) is -1.09. The van der Waals surface area contributed by atoms with Crippen LogP contribution in [0, 0.1) is 5.41 Å². The summed E-state index contributed by atoms with van der Waals surface area (Å²) in [5.41, 5.74) is -0.582. The van der Waals surface area contributed by atoms with Gasteiger partial charge in [-0.25, -0.2) is 4.98 Å². The zero-order valence-corrected chi connectivity index (χ0v) is 12.1. The van der Waals surface area contributed by atoms with Crippen LogP contribution in [0.4, 0.5) is 0 Å². The fourth-order valence-electron chi connectivity index (χ4n) is 2.61. The minimum Gasteiger partial charge on any atom is -0.481 e. The van der Waals surface area contributed by atoms with Crippen LogP contribution in [0.15, 0.2) is 18.2 Å². The number of carboxylic acids is 1. The molecule has 0 radical (unpaired) electrons. The Bertz CT molecular complexity index is 535. The molecule has 1 amide bonds. The van der Waals surface area contributed by atoms with Gasteiger partial charge in [0.15, 0.2) is 0 Å². The van der Waals surface area contributed by atoms with Crippen molar-refractivity contribution in [2.24, 2.45) is 5.41 Å². The first-order valence-corrected chi connectivity index (χ1v) is 7.01. The highest BCUT2D eigenvalue weighted by Gasteiger charge is 2.42. The number of aromatic nitrogens is 1. The Morgan fingerprint density at radius 1 is 1.50 bits per heavy atom. The van der Waals surface area contributed by atoms with E-state index in [2.05, 4.69) is 4.98 Å².